The van der Waals surface area contributed by atoms with E-state index < -0.39 is 17.2 Å². The Morgan fingerprint density at radius 1 is 1.23 bits per heavy atom. The molecule has 1 amide bonds. The average molecular weight is 422 g/mol. The molecule has 0 radical (unpaired) electrons. The molecule has 1 saturated carbocycles. The van der Waals surface area contributed by atoms with Crippen molar-refractivity contribution < 1.29 is 9.18 Å². The lowest BCUT2D eigenvalue weighted by molar-refractivity contribution is 0.0963. The fourth-order valence-electron chi connectivity index (χ4n) is 3.13. The molecular weight excluding hydrogens is 403 g/mol. The summed E-state index contributed by atoms with van der Waals surface area (Å²) < 4.78 is 14.9. The highest BCUT2D eigenvalue weighted by atomic mass is 19.1. The number of imidazole rings is 1. The van der Waals surface area contributed by atoms with Crippen LogP contribution in [0.25, 0.3) is 16.9 Å². The number of nitrogens with one attached hydrogen (secondary N) is 3. The second-order valence-corrected chi connectivity index (χ2v) is 7.01. The van der Waals surface area contributed by atoms with Crippen LogP contribution in [0.2, 0.25) is 0 Å². The number of aromatic nitrogens is 5. The SMILES string of the molecule is CNC(=O)c1ccccc1.O=c1[nH]cc(-c2cc(C3CC3)c3ncc(F)n3n2)c(=O)[nH]1. The number of carbonyl (C=O) groups excluding carboxylic acids is 1. The van der Waals surface area contributed by atoms with Gasteiger partial charge in [0, 0.05) is 24.4 Å². The quantitative estimate of drug-likeness (QED) is 0.465. The summed E-state index contributed by atoms with van der Waals surface area (Å²) in [6.45, 7) is 0. The van der Waals surface area contributed by atoms with Gasteiger partial charge in [0.25, 0.3) is 11.5 Å². The zero-order valence-corrected chi connectivity index (χ0v) is 16.6. The van der Waals surface area contributed by atoms with Crippen molar-refractivity contribution >= 4 is 11.6 Å². The molecule has 3 N–H and O–H groups in total. The summed E-state index contributed by atoms with van der Waals surface area (Å²) in [6.07, 6.45) is 4.40. The Hall–Kier alpha value is -4.08. The first-order chi connectivity index (χ1) is 15.0. The molecule has 5 rings (SSSR count). The molecule has 3 aromatic heterocycles. The number of aromatic amines is 2. The van der Waals surface area contributed by atoms with E-state index in [9.17, 15) is 18.8 Å². The van der Waals surface area contributed by atoms with Crippen LogP contribution < -0.4 is 16.6 Å². The number of amides is 1. The predicted molar refractivity (Wildman–Crippen MR) is 111 cm³/mol. The van der Waals surface area contributed by atoms with Gasteiger partial charge in [-0.2, -0.15) is 14.0 Å². The van der Waals surface area contributed by atoms with E-state index in [1.165, 1.54) is 6.20 Å². The Morgan fingerprint density at radius 2 is 1.97 bits per heavy atom. The summed E-state index contributed by atoms with van der Waals surface area (Å²) >= 11 is 0. The third kappa shape index (κ3) is 4.27. The fraction of sp³-hybridized carbons (Fsp3) is 0.190. The number of hydrogen-bond acceptors (Lipinski definition) is 5. The van der Waals surface area contributed by atoms with Gasteiger partial charge in [-0.25, -0.2) is 9.78 Å². The zero-order chi connectivity index (χ0) is 22.0. The van der Waals surface area contributed by atoms with E-state index in [4.69, 9.17) is 0 Å². The predicted octanol–water partition coefficient (Wildman–Crippen LogP) is 1.84. The van der Waals surface area contributed by atoms with Crippen molar-refractivity contribution in [1.29, 1.82) is 0 Å². The molecule has 0 aliphatic heterocycles. The minimum atomic E-state index is -0.596. The molecule has 3 heterocycles. The highest BCUT2D eigenvalue weighted by Gasteiger charge is 2.28. The van der Waals surface area contributed by atoms with Crippen LogP contribution in [0.15, 0.2) is 58.4 Å². The van der Waals surface area contributed by atoms with Crippen molar-refractivity contribution in [3.05, 3.63) is 86.7 Å². The molecule has 1 aliphatic carbocycles. The summed E-state index contributed by atoms with van der Waals surface area (Å²) in [5, 5.41) is 6.65. The maximum Gasteiger partial charge on any atom is 0.325 e. The van der Waals surface area contributed by atoms with Gasteiger partial charge < -0.3 is 10.3 Å². The van der Waals surface area contributed by atoms with Crippen molar-refractivity contribution in [3.8, 4) is 11.3 Å². The van der Waals surface area contributed by atoms with Crippen molar-refractivity contribution in [1.82, 2.24) is 29.9 Å². The van der Waals surface area contributed by atoms with Crippen LogP contribution >= 0.6 is 0 Å². The van der Waals surface area contributed by atoms with Gasteiger partial charge in [0.2, 0.25) is 5.95 Å². The number of carbonyl (C=O) groups is 1. The number of fused-ring (bicyclic) bond motifs is 1. The molecule has 4 aromatic rings. The topological polar surface area (TPSA) is 125 Å². The molecule has 158 valence electrons. The molecule has 10 heteroatoms. The van der Waals surface area contributed by atoms with E-state index in [2.05, 4.69) is 25.4 Å². The lowest BCUT2D eigenvalue weighted by Crippen LogP contribution is -2.23. The van der Waals surface area contributed by atoms with Gasteiger partial charge in [0.15, 0.2) is 5.65 Å². The van der Waals surface area contributed by atoms with Crippen LogP contribution in [0.5, 0.6) is 0 Å². The number of rotatable bonds is 3. The highest BCUT2D eigenvalue weighted by Crippen LogP contribution is 2.42. The average Bonchev–Trinajstić information content (AvgIpc) is 3.57. The number of halogens is 1. The van der Waals surface area contributed by atoms with E-state index in [0.29, 0.717) is 22.8 Å². The number of nitrogens with zero attached hydrogens (tertiary/aromatic N) is 3. The lowest BCUT2D eigenvalue weighted by atomic mass is 10.1. The third-order valence-corrected chi connectivity index (χ3v) is 4.83. The number of hydrogen-bond donors (Lipinski definition) is 3. The normalized spacial score (nSPS) is 12.8. The molecule has 1 aromatic carbocycles. The summed E-state index contributed by atoms with van der Waals surface area (Å²) in [7, 11) is 1.62. The number of benzene rings is 1. The Morgan fingerprint density at radius 3 is 2.61 bits per heavy atom. The molecule has 1 aliphatic rings. The van der Waals surface area contributed by atoms with Gasteiger partial charge in [-0.05, 0) is 37.0 Å². The Labute approximate surface area is 175 Å². The fourth-order valence-corrected chi connectivity index (χ4v) is 3.13. The van der Waals surface area contributed by atoms with Gasteiger partial charge in [0.1, 0.15) is 0 Å². The minimum Gasteiger partial charge on any atom is -0.355 e. The van der Waals surface area contributed by atoms with Crippen LogP contribution in [0.1, 0.15) is 34.7 Å². The van der Waals surface area contributed by atoms with Crippen LogP contribution in [0.4, 0.5) is 4.39 Å². The summed E-state index contributed by atoms with van der Waals surface area (Å²) in [4.78, 5) is 42.4. The maximum atomic E-state index is 13.8. The summed E-state index contributed by atoms with van der Waals surface area (Å²) in [5.74, 6) is -0.312. The molecule has 0 saturated heterocycles. The van der Waals surface area contributed by atoms with Crippen molar-refractivity contribution in [2.24, 2.45) is 0 Å². The van der Waals surface area contributed by atoms with E-state index in [-0.39, 0.29) is 11.5 Å². The minimum absolute atomic E-state index is 0.0411. The molecular formula is C21H19FN6O3. The van der Waals surface area contributed by atoms with Crippen LogP contribution in [0, 0.1) is 5.95 Å². The Balaban J connectivity index is 0.000000196. The van der Waals surface area contributed by atoms with Gasteiger partial charge in [-0.1, -0.05) is 18.2 Å². The zero-order valence-electron chi connectivity index (χ0n) is 16.6. The molecule has 0 unspecified atom stereocenters. The van der Waals surface area contributed by atoms with E-state index >= 15 is 0 Å². The monoisotopic (exact) mass is 422 g/mol. The molecule has 9 nitrogen and oxygen atoms in total. The first-order valence-corrected chi connectivity index (χ1v) is 9.61. The summed E-state index contributed by atoms with van der Waals surface area (Å²) in [6, 6.07) is 10.8. The molecule has 0 bridgehead atoms. The standard InChI is InChI=1S/C13H10FN5O2.C8H9NO/c14-10-5-15-11-7(6-1-2-6)3-9(18-19(10)11)8-4-16-13(21)17-12(8)20;1-9-8(10)7-5-3-2-4-6-7/h3-6H,1-2H2,(H2,16,17,20,21);2-6H,1H3,(H,9,10). The molecule has 0 spiro atoms. The van der Waals surface area contributed by atoms with E-state index in [0.717, 1.165) is 29.1 Å². The Kier molecular flexibility index (Phi) is 5.44. The van der Waals surface area contributed by atoms with Crippen LogP contribution in [-0.2, 0) is 0 Å². The summed E-state index contributed by atoms with van der Waals surface area (Å²) in [5.41, 5.74) is 1.37. The van der Waals surface area contributed by atoms with E-state index in [1.54, 1.807) is 25.2 Å². The lowest BCUT2D eigenvalue weighted by Gasteiger charge is -2.06. The highest BCUT2D eigenvalue weighted by molar-refractivity contribution is 5.93. The first-order valence-electron chi connectivity index (χ1n) is 9.61. The Bertz CT molecular complexity index is 1360. The van der Waals surface area contributed by atoms with Gasteiger partial charge in [0.05, 0.1) is 17.5 Å². The van der Waals surface area contributed by atoms with Crippen molar-refractivity contribution in [3.63, 3.8) is 0 Å². The smallest absolute Gasteiger partial charge is 0.325 e. The van der Waals surface area contributed by atoms with Crippen LogP contribution in [0.3, 0.4) is 0 Å². The van der Waals surface area contributed by atoms with Gasteiger partial charge in [-0.15, -0.1) is 0 Å². The molecule has 1 fully saturated rings. The molecule has 31 heavy (non-hydrogen) atoms. The first kappa shape index (κ1) is 20.2. The van der Waals surface area contributed by atoms with Gasteiger partial charge in [-0.3, -0.25) is 14.6 Å². The molecule has 0 atom stereocenters. The third-order valence-electron chi connectivity index (χ3n) is 4.83. The number of H-pyrrole nitrogens is 2. The van der Waals surface area contributed by atoms with Gasteiger partial charge >= 0.3 is 5.69 Å². The van der Waals surface area contributed by atoms with Crippen LogP contribution in [-0.4, -0.2) is 37.5 Å². The van der Waals surface area contributed by atoms with Crippen molar-refractivity contribution in [2.75, 3.05) is 7.05 Å². The van der Waals surface area contributed by atoms with Crippen molar-refractivity contribution in [2.45, 2.75) is 18.8 Å². The largest absolute Gasteiger partial charge is 0.355 e. The second-order valence-electron chi connectivity index (χ2n) is 7.01. The maximum absolute atomic E-state index is 13.8. The van der Waals surface area contributed by atoms with E-state index in [1.807, 2.05) is 18.2 Å². The second kappa shape index (κ2) is 8.34.